The molecule has 4 nitrogen and oxygen atoms in total. The van der Waals surface area contributed by atoms with Crippen LogP contribution in [0, 0.1) is 0 Å². The third-order valence-electron chi connectivity index (χ3n) is 4.38. The third-order valence-corrected chi connectivity index (χ3v) is 4.38. The summed E-state index contributed by atoms with van der Waals surface area (Å²) in [5, 5.41) is 15.4. The van der Waals surface area contributed by atoms with Gasteiger partial charge in [-0.05, 0) is 35.6 Å². The maximum Gasteiger partial charge on any atom is 0.319 e. The second kappa shape index (κ2) is 9.55. The first kappa shape index (κ1) is 18.7. The van der Waals surface area contributed by atoms with Gasteiger partial charge in [0.25, 0.3) is 0 Å². The van der Waals surface area contributed by atoms with E-state index in [4.69, 9.17) is 0 Å². The molecule has 1 atom stereocenters. The first-order chi connectivity index (χ1) is 13.2. The Morgan fingerprint density at radius 1 is 0.815 bits per heavy atom. The Morgan fingerprint density at radius 3 is 2.07 bits per heavy atom. The van der Waals surface area contributed by atoms with Crippen molar-refractivity contribution in [1.82, 2.24) is 5.32 Å². The zero-order valence-corrected chi connectivity index (χ0v) is 15.1. The summed E-state index contributed by atoms with van der Waals surface area (Å²) in [7, 11) is 0. The van der Waals surface area contributed by atoms with Gasteiger partial charge in [-0.3, -0.25) is 0 Å². The highest BCUT2D eigenvalue weighted by atomic mass is 16.3. The second-order valence-electron chi connectivity index (χ2n) is 6.49. The van der Waals surface area contributed by atoms with Gasteiger partial charge in [-0.1, -0.05) is 78.9 Å². The largest absolute Gasteiger partial charge is 0.394 e. The minimum absolute atomic E-state index is 0.117. The number of amides is 2. The van der Waals surface area contributed by atoms with E-state index < -0.39 is 0 Å². The number of carbonyl (C=O) groups excluding carboxylic acids is 1. The lowest BCUT2D eigenvalue weighted by Crippen LogP contribution is -2.41. The van der Waals surface area contributed by atoms with Crippen molar-refractivity contribution in [2.24, 2.45) is 0 Å². The van der Waals surface area contributed by atoms with Gasteiger partial charge in [0.05, 0.1) is 12.6 Å². The van der Waals surface area contributed by atoms with Gasteiger partial charge in [0.1, 0.15) is 0 Å². The topological polar surface area (TPSA) is 61.4 Å². The number of hydrogen-bond acceptors (Lipinski definition) is 2. The van der Waals surface area contributed by atoms with Crippen LogP contribution >= 0.6 is 0 Å². The molecule has 0 spiro atoms. The predicted octanol–water partition coefficient (Wildman–Crippen LogP) is 4.00. The summed E-state index contributed by atoms with van der Waals surface area (Å²) in [5.41, 5.74) is 4.07. The van der Waals surface area contributed by atoms with Crippen LogP contribution in [0.2, 0.25) is 0 Å². The summed E-state index contributed by atoms with van der Waals surface area (Å²) in [4.78, 5) is 12.4. The Bertz CT molecular complexity index is 851. The molecule has 4 heteroatoms. The first-order valence-electron chi connectivity index (χ1n) is 9.08. The van der Waals surface area contributed by atoms with Crippen LogP contribution < -0.4 is 10.6 Å². The third kappa shape index (κ3) is 5.69. The summed E-state index contributed by atoms with van der Waals surface area (Å²) in [6.45, 7) is -0.117. The van der Waals surface area contributed by atoms with Gasteiger partial charge in [0.15, 0.2) is 0 Å². The summed E-state index contributed by atoms with van der Waals surface area (Å²) < 4.78 is 0. The van der Waals surface area contributed by atoms with Crippen LogP contribution in [0.4, 0.5) is 10.5 Å². The molecule has 0 aliphatic rings. The lowest BCUT2D eigenvalue weighted by Gasteiger charge is -2.18. The average Bonchev–Trinajstić information content (AvgIpc) is 2.70. The Kier molecular flexibility index (Phi) is 6.61. The highest BCUT2D eigenvalue weighted by Crippen LogP contribution is 2.19. The van der Waals surface area contributed by atoms with Crippen molar-refractivity contribution in [2.45, 2.75) is 18.9 Å². The Hall–Kier alpha value is -3.11. The minimum atomic E-state index is -0.339. The van der Waals surface area contributed by atoms with Crippen LogP contribution in [-0.4, -0.2) is 23.8 Å². The van der Waals surface area contributed by atoms with Gasteiger partial charge in [-0.15, -0.1) is 0 Å². The summed E-state index contributed by atoms with van der Waals surface area (Å²) in [6, 6.07) is 27.1. The zero-order chi connectivity index (χ0) is 18.9. The van der Waals surface area contributed by atoms with E-state index in [0.717, 1.165) is 23.2 Å². The van der Waals surface area contributed by atoms with Crippen molar-refractivity contribution in [3.05, 3.63) is 102 Å². The molecule has 2 amide bonds. The highest BCUT2D eigenvalue weighted by molar-refractivity contribution is 5.90. The molecule has 0 radical (unpaired) electrons. The van der Waals surface area contributed by atoms with Gasteiger partial charge in [-0.2, -0.15) is 0 Å². The van der Waals surface area contributed by atoms with E-state index in [1.54, 1.807) is 0 Å². The molecule has 3 N–H and O–H groups in total. The molecule has 3 rings (SSSR count). The SMILES string of the molecule is O=C(Nc1ccccc1Cc1ccccc1)NC(CO)Cc1ccccc1. The molecule has 138 valence electrons. The maximum atomic E-state index is 12.4. The van der Waals surface area contributed by atoms with Crippen LogP contribution in [0.25, 0.3) is 0 Å². The number of hydrogen-bond donors (Lipinski definition) is 3. The number of aliphatic hydroxyl groups is 1. The fourth-order valence-electron chi connectivity index (χ4n) is 3.02. The van der Waals surface area contributed by atoms with E-state index in [9.17, 15) is 9.90 Å². The molecule has 0 saturated heterocycles. The molecule has 0 heterocycles. The van der Waals surface area contributed by atoms with E-state index in [0.29, 0.717) is 6.42 Å². The molecule has 0 aliphatic heterocycles. The van der Waals surface area contributed by atoms with Crippen LogP contribution in [0.3, 0.4) is 0 Å². The summed E-state index contributed by atoms with van der Waals surface area (Å²) >= 11 is 0. The summed E-state index contributed by atoms with van der Waals surface area (Å²) in [5.74, 6) is 0. The van der Waals surface area contributed by atoms with Crippen molar-refractivity contribution >= 4 is 11.7 Å². The summed E-state index contributed by atoms with van der Waals surface area (Å²) in [6.07, 6.45) is 1.32. The van der Waals surface area contributed by atoms with E-state index in [-0.39, 0.29) is 18.7 Å². The van der Waals surface area contributed by atoms with E-state index >= 15 is 0 Å². The van der Waals surface area contributed by atoms with Gasteiger partial charge in [0.2, 0.25) is 0 Å². The number of rotatable bonds is 7. The number of benzene rings is 3. The van der Waals surface area contributed by atoms with E-state index in [1.807, 2.05) is 72.8 Å². The highest BCUT2D eigenvalue weighted by Gasteiger charge is 2.13. The second-order valence-corrected chi connectivity index (χ2v) is 6.49. The number of aliphatic hydroxyl groups excluding tert-OH is 1. The number of carbonyl (C=O) groups is 1. The Labute approximate surface area is 159 Å². The molecule has 0 saturated carbocycles. The molecule has 27 heavy (non-hydrogen) atoms. The molecule has 3 aromatic rings. The van der Waals surface area contributed by atoms with Crippen LogP contribution in [0.5, 0.6) is 0 Å². The lowest BCUT2D eigenvalue weighted by atomic mass is 10.0. The van der Waals surface area contributed by atoms with E-state index in [1.165, 1.54) is 5.56 Å². The smallest absolute Gasteiger partial charge is 0.319 e. The first-order valence-corrected chi connectivity index (χ1v) is 9.08. The van der Waals surface area contributed by atoms with Crippen LogP contribution in [-0.2, 0) is 12.8 Å². The lowest BCUT2D eigenvalue weighted by molar-refractivity contribution is 0.224. The van der Waals surface area contributed by atoms with Crippen LogP contribution in [0.1, 0.15) is 16.7 Å². The number of nitrogens with one attached hydrogen (secondary N) is 2. The van der Waals surface area contributed by atoms with Crippen molar-refractivity contribution in [3.63, 3.8) is 0 Å². The normalized spacial score (nSPS) is 11.6. The number of anilines is 1. The predicted molar refractivity (Wildman–Crippen MR) is 109 cm³/mol. The molecule has 0 aliphatic carbocycles. The Morgan fingerprint density at radius 2 is 1.41 bits per heavy atom. The van der Waals surface area contributed by atoms with Crippen molar-refractivity contribution in [1.29, 1.82) is 0 Å². The number of urea groups is 1. The minimum Gasteiger partial charge on any atom is -0.394 e. The molecule has 0 fully saturated rings. The Balaban J connectivity index is 1.63. The van der Waals surface area contributed by atoms with Gasteiger partial charge in [-0.25, -0.2) is 4.79 Å². The molecular formula is C23H24N2O2. The van der Waals surface area contributed by atoms with E-state index in [2.05, 4.69) is 22.8 Å². The number of para-hydroxylation sites is 1. The zero-order valence-electron chi connectivity index (χ0n) is 15.1. The fourth-order valence-corrected chi connectivity index (χ4v) is 3.02. The van der Waals surface area contributed by atoms with Crippen LogP contribution in [0.15, 0.2) is 84.9 Å². The van der Waals surface area contributed by atoms with Gasteiger partial charge < -0.3 is 15.7 Å². The average molecular weight is 360 g/mol. The fraction of sp³-hybridized carbons (Fsp3) is 0.174. The van der Waals surface area contributed by atoms with Crippen molar-refractivity contribution < 1.29 is 9.90 Å². The van der Waals surface area contributed by atoms with Crippen molar-refractivity contribution in [2.75, 3.05) is 11.9 Å². The molecule has 1 unspecified atom stereocenters. The standard InChI is InChI=1S/C23H24N2O2/c26-17-21(16-19-11-5-2-6-12-19)24-23(27)25-22-14-8-7-13-20(22)15-18-9-3-1-4-10-18/h1-14,21,26H,15-17H2,(H2,24,25,27). The molecule has 0 aromatic heterocycles. The maximum absolute atomic E-state index is 12.4. The molecule has 0 bridgehead atoms. The molecular weight excluding hydrogens is 336 g/mol. The van der Waals surface area contributed by atoms with Gasteiger partial charge in [0, 0.05) is 5.69 Å². The molecule has 3 aromatic carbocycles. The quantitative estimate of drug-likeness (QED) is 0.596. The van der Waals surface area contributed by atoms with Gasteiger partial charge >= 0.3 is 6.03 Å². The monoisotopic (exact) mass is 360 g/mol. The van der Waals surface area contributed by atoms with Crippen molar-refractivity contribution in [3.8, 4) is 0 Å².